The second-order valence-corrected chi connectivity index (χ2v) is 7.33. The normalized spacial score (nSPS) is 11.8. The van der Waals surface area contributed by atoms with E-state index >= 15 is 0 Å². The zero-order chi connectivity index (χ0) is 18.9. The van der Waals surface area contributed by atoms with Gasteiger partial charge in [0.05, 0.1) is 11.4 Å². The lowest BCUT2D eigenvalue weighted by molar-refractivity contribution is -0.676. The minimum Gasteiger partial charge on any atom is -0.358 e. The van der Waals surface area contributed by atoms with Crippen LogP contribution in [0.2, 0.25) is 0 Å². The fourth-order valence-corrected chi connectivity index (χ4v) is 3.67. The molecule has 0 saturated heterocycles. The molecule has 2 aromatic rings. The molecule has 6 heteroatoms. The van der Waals surface area contributed by atoms with Crippen molar-refractivity contribution in [1.82, 2.24) is 10.2 Å². The lowest BCUT2D eigenvalue weighted by atomic mass is 10.0. The van der Waals surface area contributed by atoms with Crippen LogP contribution < -0.4 is 10.6 Å². The number of likely N-dealkylation sites (N-methyl/N-ethyl adjacent to an activating group) is 2. The highest BCUT2D eigenvalue weighted by Crippen LogP contribution is 2.23. The summed E-state index contributed by atoms with van der Waals surface area (Å²) in [6.45, 7) is 2.56. The first-order valence-corrected chi connectivity index (χ1v) is 9.83. The molecular formula is C20H28N3O2S+. The standard InChI is InChI=1S/C20H27N3O2S/c1-4-6-15-8-10-16(11-9-15)20(17-7-5-12-26-17)22-13-19(25)23(3)14-18(24)21-2/h5,7-12,20,22H,4,6,13-14H2,1-3H3,(H,21,24)/p+1/t20-/m0/s1. The topological polar surface area (TPSA) is 66.0 Å². The molecule has 26 heavy (non-hydrogen) atoms. The molecule has 0 aliphatic carbocycles. The monoisotopic (exact) mass is 374 g/mol. The summed E-state index contributed by atoms with van der Waals surface area (Å²) in [5.41, 5.74) is 2.52. The maximum atomic E-state index is 12.4. The average Bonchev–Trinajstić information content (AvgIpc) is 3.17. The predicted octanol–water partition coefficient (Wildman–Crippen LogP) is 1.56. The Morgan fingerprint density at radius 3 is 2.54 bits per heavy atom. The van der Waals surface area contributed by atoms with Crippen LogP contribution in [0.3, 0.4) is 0 Å². The second-order valence-electron chi connectivity index (χ2n) is 6.35. The quantitative estimate of drug-likeness (QED) is 0.700. The molecule has 2 amide bonds. The van der Waals surface area contributed by atoms with Gasteiger partial charge in [0.15, 0.2) is 6.54 Å². The van der Waals surface area contributed by atoms with E-state index in [-0.39, 0.29) is 24.4 Å². The first-order valence-electron chi connectivity index (χ1n) is 8.95. The Bertz CT molecular complexity index is 698. The van der Waals surface area contributed by atoms with E-state index in [2.05, 4.69) is 48.0 Å². The third-order valence-corrected chi connectivity index (χ3v) is 5.30. The fraction of sp³-hybridized carbons (Fsp3) is 0.400. The molecule has 0 radical (unpaired) electrons. The van der Waals surface area contributed by atoms with Gasteiger partial charge in [-0.1, -0.05) is 43.7 Å². The first-order chi connectivity index (χ1) is 12.5. The molecule has 0 spiro atoms. The van der Waals surface area contributed by atoms with Crippen LogP contribution in [0.15, 0.2) is 41.8 Å². The summed E-state index contributed by atoms with van der Waals surface area (Å²) in [5, 5.41) is 6.64. The molecule has 0 aliphatic heterocycles. The van der Waals surface area contributed by atoms with Crippen LogP contribution >= 0.6 is 11.3 Å². The summed E-state index contributed by atoms with van der Waals surface area (Å²) in [7, 11) is 3.23. The Morgan fingerprint density at radius 2 is 1.96 bits per heavy atom. The van der Waals surface area contributed by atoms with Gasteiger partial charge >= 0.3 is 0 Å². The fourth-order valence-electron chi connectivity index (χ4n) is 2.82. The SMILES string of the molecule is CCCc1ccc([C@H]([NH2+]CC(=O)N(C)CC(=O)NC)c2cccs2)cc1. The van der Waals surface area contributed by atoms with Gasteiger partial charge in [-0.3, -0.25) is 9.59 Å². The van der Waals surface area contributed by atoms with Gasteiger partial charge in [-0.2, -0.15) is 0 Å². The van der Waals surface area contributed by atoms with Crippen molar-refractivity contribution in [3.8, 4) is 0 Å². The van der Waals surface area contributed by atoms with Gasteiger partial charge in [-0.15, -0.1) is 11.3 Å². The summed E-state index contributed by atoms with van der Waals surface area (Å²) in [6.07, 6.45) is 2.21. The van der Waals surface area contributed by atoms with Crippen LogP contribution in [0, 0.1) is 0 Å². The third-order valence-electron chi connectivity index (χ3n) is 4.34. The van der Waals surface area contributed by atoms with E-state index in [1.165, 1.54) is 20.9 Å². The number of benzene rings is 1. The van der Waals surface area contributed by atoms with Crippen molar-refractivity contribution in [1.29, 1.82) is 0 Å². The molecule has 0 aliphatic rings. The van der Waals surface area contributed by atoms with Crippen LogP contribution in [0.1, 0.15) is 35.4 Å². The number of carbonyl (C=O) groups excluding carboxylic acids is 2. The van der Waals surface area contributed by atoms with E-state index < -0.39 is 0 Å². The van der Waals surface area contributed by atoms with Crippen molar-refractivity contribution in [3.63, 3.8) is 0 Å². The number of nitrogens with two attached hydrogens (primary N) is 1. The minimum atomic E-state index is -0.165. The number of hydrogen-bond acceptors (Lipinski definition) is 3. The van der Waals surface area contributed by atoms with Crippen LogP contribution in [0.5, 0.6) is 0 Å². The van der Waals surface area contributed by atoms with E-state index in [9.17, 15) is 9.59 Å². The van der Waals surface area contributed by atoms with Gasteiger partial charge in [0.25, 0.3) is 5.91 Å². The molecule has 0 unspecified atom stereocenters. The van der Waals surface area contributed by atoms with E-state index in [0.717, 1.165) is 12.8 Å². The number of hydrogen-bond donors (Lipinski definition) is 2. The van der Waals surface area contributed by atoms with Gasteiger partial charge in [0, 0.05) is 19.7 Å². The number of nitrogens with zero attached hydrogens (tertiary/aromatic N) is 1. The Hall–Kier alpha value is -2.18. The van der Waals surface area contributed by atoms with E-state index in [1.54, 1.807) is 25.4 Å². The van der Waals surface area contributed by atoms with Crippen LogP contribution in [-0.4, -0.2) is 43.9 Å². The summed E-state index contributed by atoms with van der Waals surface area (Å²) in [5.74, 6) is -0.222. The first kappa shape index (κ1) is 20.1. The summed E-state index contributed by atoms with van der Waals surface area (Å²) in [6, 6.07) is 12.9. The molecule has 0 fully saturated rings. The Kier molecular flexibility index (Phi) is 7.81. The maximum absolute atomic E-state index is 12.4. The molecule has 1 aromatic heterocycles. The molecule has 0 saturated carbocycles. The van der Waals surface area contributed by atoms with Gasteiger partial charge in [0.2, 0.25) is 5.91 Å². The number of quaternary nitrogens is 1. The molecular weight excluding hydrogens is 346 g/mol. The van der Waals surface area contributed by atoms with Crippen LogP contribution in [-0.2, 0) is 16.0 Å². The highest BCUT2D eigenvalue weighted by molar-refractivity contribution is 7.10. The minimum absolute atomic E-state index is 0.0576. The zero-order valence-electron chi connectivity index (χ0n) is 15.7. The van der Waals surface area contributed by atoms with E-state index in [1.807, 2.05) is 11.4 Å². The average molecular weight is 375 g/mol. The van der Waals surface area contributed by atoms with E-state index in [4.69, 9.17) is 0 Å². The molecule has 5 nitrogen and oxygen atoms in total. The zero-order valence-corrected chi connectivity index (χ0v) is 16.5. The van der Waals surface area contributed by atoms with Crippen LogP contribution in [0.4, 0.5) is 0 Å². The third kappa shape index (κ3) is 5.68. The van der Waals surface area contributed by atoms with Crippen molar-refractivity contribution in [2.75, 3.05) is 27.2 Å². The van der Waals surface area contributed by atoms with Gasteiger partial charge in [-0.05, 0) is 23.4 Å². The van der Waals surface area contributed by atoms with Crippen molar-refractivity contribution in [3.05, 3.63) is 57.8 Å². The van der Waals surface area contributed by atoms with Gasteiger partial charge in [-0.25, -0.2) is 0 Å². The molecule has 3 N–H and O–H groups in total. The largest absolute Gasteiger partial charge is 0.358 e. The Balaban J connectivity index is 2.06. The molecule has 1 atom stereocenters. The van der Waals surface area contributed by atoms with Gasteiger partial charge < -0.3 is 15.5 Å². The number of rotatable bonds is 9. The Labute approximate surface area is 159 Å². The molecule has 2 rings (SSSR count). The van der Waals surface area contributed by atoms with Gasteiger partial charge in [0.1, 0.15) is 6.04 Å². The Morgan fingerprint density at radius 1 is 1.23 bits per heavy atom. The molecule has 1 heterocycles. The smallest absolute Gasteiger partial charge is 0.277 e. The summed E-state index contributed by atoms with van der Waals surface area (Å²) < 4.78 is 0. The van der Waals surface area contributed by atoms with Crippen molar-refractivity contribution < 1.29 is 14.9 Å². The number of aryl methyl sites for hydroxylation is 1. The van der Waals surface area contributed by atoms with Crippen LogP contribution in [0.25, 0.3) is 0 Å². The summed E-state index contributed by atoms with van der Waals surface area (Å²) >= 11 is 1.69. The number of thiophene rings is 1. The molecule has 0 bridgehead atoms. The summed E-state index contributed by atoms with van der Waals surface area (Å²) in [4.78, 5) is 26.5. The van der Waals surface area contributed by atoms with Crippen molar-refractivity contribution in [2.45, 2.75) is 25.8 Å². The number of carbonyl (C=O) groups is 2. The van der Waals surface area contributed by atoms with Crippen molar-refractivity contribution in [2.24, 2.45) is 0 Å². The lowest BCUT2D eigenvalue weighted by Crippen LogP contribution is -2.87. The maximum Gasteiger partial charge on any atom is 0.277 e. The van der Waals surface area contributed by atoms with E-state index in [0.29, 0.717) is 6.54 Å². The van der Waals surface area contributed by atoms with Crippen molar-refractivity contribution >= 4 is 23.2 Å². The second kappa shape index (κ2) is 10.1. The lowest BCUT2D eigenvalue weighted by Gasteiger charge is -2.19. The highest BCUT2D eigenvalue weighted by Gasteiger charge is 2.22. The molecule has 140 valence electrons. The predicted molar refractivity (Wildman–Crippen MR) is 105 cm³/mol. The number of nitrogens with one attached hydrogen (secondary N) is 1. The highest BCUT2D eigenvalue weighted by atomic mass is 32.1. The number of amides is 2. The molecule has 1 aromatic carbocycles.